The summed E-state index contributed by atoms with van der Waals surface area (Å²) in [6.45, 7) is 0.103. The van der Waals surface area contributed by atoms with Gasteiger partial charge in [-0.2, -0.15) is 5.10 Å². The van der Waals surface area contributed by atoms with Gasteiger partial charge in [0.2, 0.25) is 6.79 Å². The van der Waals surface area contributed by atoms with Crippen LogP contribution in [0.25, 0.3) is 10.9 Å². The van der Waals surface area contributed by atoms with Gasteiger partial charge in [-0.1, -0.05) is 24.3 Å². The Kier molecular flexibility index (Phi) is 4.14. The molecule has 132 valence electrons. The highest BCUT2D eigenvalue weighted by molar-refractivity contribution is 6.02. The fourth-order valence-corrected chi connectivity index (χ4v) is 2.62. The van der Waals surface area contributed by atoms with Gasteiger partial charge >= 0.3 is 5.97 Å². The van der Waals surface area contributed by atoms with E-state index in [9.17, 15) is 9.59 Å². The number of esters is 1. The Morgan fingerprint density at radius 2 is 2.00 bits per heavy atom. The highest BCUT2D eigenvalue weighted by atomic mass is 16.7. The van der Waals surface area contributed by atoms with Gasteiger partial charge in [-0.15, -0.1) is 0 Å². The molecule has 8 nitrogen and oxygen atoms in total. The van der Waals surface area contributed by atoms with E-state index in [-0.39, 0.29) is 19.1 Å². The molecule has 0 bridgehead atoms. The predicted molar refractivity (Wildman–Crippen MR) is 90.8 cm³/mol. The molecule has 1 aliphatic heterocycles. The van der Waals surface area contributed by atoms with Gasteiger partial charge in [0, 0.05) is 11.9 Å². The van der Waals surface area contributed by atoms with Crippen molar-refractivity contribution in [2.45, 2.75) is 6.54 Å². The van der Waals surface area contributed by atoms with Crippen molar-refractivity contribution in [1.82, 2.24) is 15.5 Å². The lowest BCUT2D eigenvalue weighted by molar-refractivity contribution is -0.124. The Labute approximate surface area is 148 Å². The van der Waals surface area contributed by atoms with Crippen molar-refractivity contribution >= 4 is 22.8 Å². The first-order valence-corrected chi connectivity index (χ1v) is 7.96. The molecular formula is C18H15N3O5. The van der Waals surface area contributed by atoms with E-state index in [0.717, 1.165) is 11.1 Å². The maximum absolute atomic E-state index is 12.1. The lowest BCUT2D eigenvalue weighted by Gasteiger charge is -2.07. The molecule has 3 aromatic rings. The second-order valence-corrected chi connectivity index (χ2v) is 5.66. The molecule has 2 aromatic carbocycles. The fourth-order valence-electron chi connectivity index (χ4n) is 2.62. The molecule has 1 amide bonds. The number of hydrogen-bond acceptors (Lipinski definition) is 6. The van der Waals surface area contributed by atoms with Gasteiger partial charge in [-0.3, -0.25) is 9.89 Å². The zero-order chi connectivity index (χ0) is 17.9. The van der Waals surface area contributed by atoms with Crippen LogP contribution in [0.1, 0.15) is 16.1 Å². The molecule has 0 radical (unpaired) electrons. The normalized spacial score (nSPS) is 12.2. The molecule has 0 spiro atoms. The van der Waals surface area contributed by atoms with Crippen LogP contribution in [0.3, 0.4) is 0 Å². The van der Waals surface area contributed by atoms with E-state index >= 15 is 0 Å². The van der Waals surface area contributed by atoms with E-state index < -0.39 is 11.9 Å². The van der Waals surface area contributed by atoms with Crippen molar-refractivity contribution in [1.29, 1.82) is 0 Å². The molecule has 0 atom stereocenters. The molecular weight excluding hydrogens is 338 g/mol. The van der Waals surface area contributed by atoms with E-state index in [1.165, 1.54) is 0 Å². The van der Waals surface area contributed by atoms with Crippen molar-refractivity contribution < 1.29 is 23.8 Å². The maximum Gasteiger partial charge on any atom is 0.359 e. The first-order valence-electron chi connectivity index (χ1n) is 7.96. The first kappa shape index (κ1) is 15.9. The Morgan fingerprint density at radius 3 is 2.92 bits per heavy atom. The fraction of sp³-hybridized carbons (Fsp3) is 0.167. The van der Waals surface area contributed by atoms with E-state index in [2.05, 4.69) is 15.5 Å². The van der Waals surface area contributed by atoms with E-state index in [1.54, 1.807) is 30.3 Å². The van der Waals surface area contributed by atoms with Gasteiger partial charge in [-0.05, 0) is 23.8 Å². The number of hydrogen-bond donors (Lipinski definition) is 2. The first-order chi connectivity index (χ1) is 12.7. The number of fused-ring (bicyclic) bond motifs is 2. The van der Waals surface area contributed by atoms with Gasteiger partial charge in [0.25, 0.3) is 5.91 Å². The zero-order valence-corrected chi connectivity index (χ0v) is 13.7. The number of nitrogens with one attached hydrogen (secondary N) is 2. The average molecular weight is 353 g/mol. The summed E-state index contributed by atoms with van der Waals surface area (Å²) >= 11 is 0. The molecule has 0 saturated carbocycles. The van der Waals surface area contributed by atoms with Gasteiger partial charge in [0.15, 0.2) is 23.8 Å². The SMILES string of the molecule is O=C(COC(=O)c1n[nH]c2ccccc12)NCc1ccc2c(c1)OCO2. The predicted octanol–water partition coefficient (Wildman–Crippen LogP) is 1.76. The summed E-state index contributed by atoms with van der Waals surface area (Å²) in [4.78, 5) is 24.0. The summed E-state index contributed by atoms with van der Waals surface area (Å²) < 4.78 is 15.6. The van der Waals surface area contributed by atoms with Gasteiger partial charge in [0.05, 0.1) is 5.52 Å². The smallest absolute Gasteiger partial charge is 0.359 e. The summed E-state index contributed by atoms with van der Waals surface area (Å²) in [6.07, 6.45) is 0. The molecule has 0 saturated heterocycles. The number of aromatic amines is 1. The van der Waals surface area contributed by atoms with E-state index in [4.69, 9.17) is 14.2 Å². The van der Waals surface area contributed by atoms with Gasteiger partial charge < -0.3 is 19.5 Å². The third-order valence-electron chi connectivity index (χ3n) is 3.92. The monoisotopic (exact) mass is 353 g/mol. The minimum absolute atomic E-state index is 0.157. The molecule has 2 heterocycles. The van der Waals surface area contributed by atoms with E-state index in [1.807, 2.05) is 12.1 Å². The van der Waals surface area contributed by atoms with Gasteiger partial charge in [0.1, 0.15) is 0 Å². The van der Waals surface area contributed by atoms with Crippen molar-refractivity contribution in [3.63, 3.8) is 0 Å². The zero-order valence-electron chi connectivity index (χ0n) is 13.7. The second-order valence-electron chi connectivity index (χ2n) is 5.66. The van der Waals surface area contributed by atoms with Crippen LogP contribution >= 0.6 is 0 Å². The minimum atomic E-state index is -0.652. The summed E-state index contributed by atoms with van der Waals surface area (Å²) in [5.74, 6) is 0.269. The van der Waals surface area contributed by atoms with Crippen molar-refractivity contribution in [3.05, 3.63) is 53.7 Å². The number of amides is 1. The van der Waals surface area contributed by atoms with Crippen molar-refractivity contribution in [2.75, 3.05) is 13.4 Å². The van der Waals surface area contributed by atoms with Crippen LogP contribution in [0, 0.1) is 0 Å². The van der Waals surface area contributed by atoms with Crippen LogP contribution in [0.2, 0.25) is 0 Å². The molecule has 26 heavy (non-hydrogen) atoms. The maximum atomic E-state index is 12.1. The number of H-pyrrole nitrogens is 1. The van der Waals surface area contributed by atoms with Crippen molar-refractivity contribution in [2.24, 2.45) is 0 Å². The highest BCUT2D eigenvalue weighted by Crippen LogP contribution is 2.32. The topological polar surface area (TPSA) is 103 Å². The summed E-state index contributed by atoms with van der Waals surface area (Å²) in [7, 11) is 0. The Morgan fingerprint density at radius 1 is 1.15 bits per heavy atom. The van der Waals surface area contributed by atoms with Crippen LogP contribution in [-0.4, -0.2) is 35.5 Å². The summed E-state index contributed by atoms with van der Waals surface area (Å²) in [5, 5.41) is 10.0. The summed E-state index contributed by atoms with van der Waals surface area (Å²) in [6, 6.07) is 12.6. The molecule has 4 rings (SSSR count). The Bertz CT molecular complexity index is 982. The molecule has 0 fully saturated rings. The largest absolute Gasteiger partial charge is 0.454 e. The Hall–Kier alpha value is -3.55. The number of ether oxygens (including phenoxy) is 3. The number of benzene rings is 2. The number of para-hydroxylation sites is 1. The quantitative estimate of drug-likeness (QED) is 0.678. The van der Waals surface area contributed by atoms with Crippen LogP contribution < -0.4 is 14.8 Å². The van der Waals surface area contributed by atoms with Crippen LogP contribution in [0.4, 0.5) is 0 Å². The van der Waals surface area contributed by atoms with Crippen molar-refractivity contribution in [3.8, 4) is 11.5 Å². The molecule has 2 N–H and O–H groups in total. The molecule has 1 aromatic heterocycles. The van der Waals surface area contributed by atoms with E-state index in [0.29, 0.717) is 23.4 Å². The Balaban J connectivity index is 1.30. The standard InChI is InChI=1S/C18H15N3O5/c22-16(19-8-11-5-6-14-15(7-11)26-10-25-14)9-24-18(23)17-12-3-1-2-4-13(12)20-21-17/h1-7H,8-10H2,(H,19,22)(H,20,21). The van der Waals surface area contributed by atoms with Crippen LogP contribution in [0.15, 0.2) is 42.5 Å². The number of aromatic nitrogens is 2. The highest BCUT2D eigenvalue weighted by Gasteiger charge is 2.17. The molecule has 0 aliphatic carbocycles. The third kappa shape index (κ3) is 3.16. The van der Waals surface area contributed by atoms with Crippen LogP contribution in [-0.2, 0) is 16.1 Å². The number of carbonyl (C=O) groups excluding carboxylic acids is 2. The average Bonchev–Trinajstić information content (AvgIpc) is 3.30. The molecule has 1 aliphatic rings. The molecule has 8 heteroatoms. The third-order valence-corrected chi connectivity index (χ3v) is 3.92. The molecule has 0 unspecified atom stereocenters. The number of nitrogens with zero attached hydrogens (tertiary/aromatic N) is 1. The van der Waals surface area contributed by atoms with Gasteiger partial charge in [-0.25, -0.2) is 4.79 Å². The minimum Gasteiger partial charge on any atom is -0.454 e. The lowest BCUT2D eigenvalue weighted by Crippen LogP contribution is -2.28. The lowest BCUT2D eigenvalue weighted by atomic mass is 10.2. The number of rotatable bonds is 5. The van der Waals surface area contributed by atoms with Crippen LogP contribution in [0.5, 0.6) is 11.5 Å². The summed E-state index contributed by atoms with van der Waals surface area (Å²) in [5.41, 5.74) is 1.74. The second kappa shape index (κ2) is 6.75. The number of carbonyl (C=O) groups is 2.